The highest BCUT2D eigenvalue weighted by Crippen LogP contribution is 2.39. The van der Waals surface area contributed by atoms with E-state index in [1.165, 1.54) is 0 Å². The Labute approximate surface area is 162 Å². The van der Waals surface area contributed by atoms with Crippen LogP contribution in [0.4, 0.5) is 4.79 Å². The highest BCUT2D eigenvalue weighted by atomic mass is 16.7. The van der Waals surface area contributed by atoms with Crippen molar-refractivity contribution in [1.29, 1.82) is 0 Å². The molecular weight excluding hydrogens is 345 g/mol. The molecule has 0 aromatic carbocycles. The number of rotatable bonds is 4. The van der Waals surface area contributed by atoms with E-state index in [2.05, 4.69) is 10.4 Å². The Hall–Kier alpha value is -1.54. The number of carbonyl (C=O) groups is 1. The largest absolute Gasteiger partial charge is 0.498 e. The van der Waals surface area contributed by atoms with E-state index in [0.29, 0.717) is 6.54 Å². The standard InChI is InChI=1S/C19H32BN3O4/c1-16(2,3)25-15(24)21-13-19(9-8-10-19)23-12-14(11-22-23)20-26-17(4,5)18(6,7)27-20/h11-12H,8-10,13H2,1-7H3,(H,21,24). The fourth-order valence-corrected chi connectivity index (χ4v) is 3.32. The molecule has 2 heterocycles. The summed E-state index contributed by atoms with van der Waals surface area (Å²) >= 11 is 0. The van der Waals surface area contributed by atoms with Gasteiger partial charge in [-0.15, -0.1) is 0 Å². The van der Waals surface area contributed by atoms with E-state index in [9.17, 15) is 4.79 Å². The monoisotopic (exact) mass is 377 g/mol. The average molecular weight is 377 g/mol. The first-order chi connectivity index (χ1) is 12.3. The van der Waals surface area contributed by atoms with Crippen molar-refractivity contribution in [1.82, 2.24) is 15.1 Å². The van der Waals surface area contributed by atoms with Gasteiger partial charge in [0.2, 0.25) is 0 Å². The van der Waals surface area contributed by atoms with Gasteiger partial charge in [0.25, 0.3) is 0 Å². The SMILES string of the molecule is CC(C)(C)OC(=O)NCC1(n2cc(B3OC(C)(C)C(C)(C)O3)cn2)CCC1. The molecule has 7 nitrogen and oxygen atoms in total. The Bertz CT molecular complexity index is 688. The van der Waals surface area contributed by atoms with E-state index in [4.69, 9.17) is 14.0 Å². The summed E-state index contributed by atoms with van der Waals surface area (Å²) in [6, 6.07) is 0. The highest BCUT2D eigenvalue weighted by Gasteiger charge is 2.52. The molecule has 0 atom stereocenters. The lowest BCUT2D eigenvalue weighted by Crippen LogP contribution is -2.51. The molecule has 1 aromatic rings. The third kappa shape index (κ3) is 4.01. The van der Waals surface area contributed by atoms with E-state index < -0.39 is 18.8 Å². The van der Waals surface area contributed by atoms with Gasteiger partial charge in [0, 0.05) is 24.4 Å². The number of nitrogens with zero attached hydrogens (tertiary/aromatic N) is 2. The molecule has 1 aliphatic heterocycles. The number of alkyl carbamates (subject to hydrolysis) is 1. The molecule has 1 aromatic heterocycles. The van der Waals surface area contributed by atoms with E-state index in [1.54, 1.807) is 6.20 Å². The zero-order valence-electron chi connectivity index (χ0n) is 17.6. The quantitative estimate of drug-likeness (QED) is 0.817. The summed E-state index contributed by atoms with van der Waals surface area (Å²) in [5.41, 5.74) is -0.582. The maximum absolute atomic E-state index is 12.0. The summed E-state index contributed by atoms with van der Waals surface area (Å²) in [5, 5.41) is 7.47. The Balaban J connectivity index is 1.68. The van der Waals surface area contributed by atoms with Crippen LogP contribution in [0.25, 0.3) is 0 Å². The number of ether oxygens (including phenoxy) is 1. The molecule has 27 heavy (non-hydrogen) atoms. The molecule has 0 radical (unpaired) electrons. The van der Waals surface area contributed by atoms with Gasteiger partial charge in [0.15, 0.2) is 0 Å². The predicted molar refractivity (Wildman–Crippen MR) is 104 cm³/mol. The summed E-state index contributed by atoms with van der Waals surface area (Å²) < 4.78 is 19.5. The Morgan fingerprint density at radius 2 is 1.85 bits per heavy atom. The normalized spacial score (nSPS) is 23.0. The molecule has 8 heteroatoms. The number of amides is 1. The lowest BCUT2D eigenvalue weighted by atomic mass is 9.76. The summed E-state index contributed by atoms with van der Waals surface area (Å²) in [6.45, 7) is 14.2. The molecule has 0 bridgehead atoms. The third-order valence-electron chi connectivity index (χ3n) is 5.86. The lowest BCUT2D eigenvalue weighted by molar-refractivity contribution is 0.00578. The minimum atomic E-state index is -0.507. The molecule has 3 rings (SSSR count). The fourth-order valence-electron chi connectivity index (χ4n) is 3.32. The van der Waals surface area contributed by atoms with E-state index in [-0.39, 0.29) is 16.7 Å². The molecule has 1 amide bonds. The third-order valence-corrected chi connectivity index (χ3v) is 5.86. The second kappa shape index (κ2) is 6.52. The van der Waals surface area contributed by atoms with Crippen LogP contribution >= 0.6 is 0 Å². The van der Waals surface area contributed by atoms with Crippen molar-refractivity contribution in [3.05, 3.63) is 12.4 Å². The van der Waals surface area contributed by atoms with Crippen LogP contribution in [0.5, 0.6) is 0 Å². The molecule has 1 aliphatic carbocycles. The van der Waals surface area contributed by atoms with Gasteiger partial charge in [-0.05, 0) is 67.7 Å². The van der Waals surface area contributed by atoms with Crippen LogP contribution in [0.15, 0.2) is 12.4 Å². The minimum Gasteiger partial charge on any atom is -0.444 e. The van der Waals surface area contributed by atoms with Crippen molar-refractivity contribution in [3.63, 3.8) is 0 Å². The molecule has 1 N–H and O–H groups in total. The van der Waals surface area contributed by atoms with Gasteiger partial charge >= 0.3 is 13.2 Å². The number of aromatic nitrogens is 2. The number of hydrogen-bond acceptors (Lipinski definition) is 5. The van der Waals surface area contributed by atoms with Crippen LogP contribution in [-0.4, -0.2) is 46.3 Å². The smallest absolute Gasteiger partial charge is 0.444 e. The van der Waals surface area contributed by atoms with Crippen LogP contribution in [0, 0.1) is 0 Å². The maximum atomic E-state index is 12.0. The lowest BCUT2D eigenvalue weighted by Gasteiger charge is -2.42. The first-order valence-electron chi connectivity index (χ1n) is 9.71. The van der Waals surface area contributed by atoms with Crippen LogP contribution in [-0.2, 0) is 19.6 Å². The second-order valence-corrected chi connectivity index (χ2v) is 9.74. The zero-order chi connectivity index (χ0) is 20.1. The van der Waals surface area contributed by atoms with E-state index >= 15 is 0 Å². The van der Waals surface area contributed by atoms with E-state index in [1.807, 2.05) is 59.3 Å². The molecule has 1 saturated carbocycles. The van der Waals surface area contributed by atoms with Gasteiger partial charge in [0.1, 0.15) is 5.60 Å². The van der Waals surface area contributed by atoms with Gasteiger partial charge in [0.05, 0.1) is 16.7 Å². The van der Waals surface area contributed by atoms with Crippen molar-refractivity contribution >= 4 is 18.7 Å². The van der Waals surface area contributed by atoms with Crippen LogP contribution in [0.3, 0.4) is 0 Å². The van der Waals surface area contributed by atoms with Crippen molar-refractivity contribution < 1.29 is 18.8 Å². The number of hydrogen-bond donors (Lipinski definition) is 1. The molecule has 2 aliphatic rings. The summed E-state index contributed by atoms with van der Waals surface area (Å²) in [7, 11) is -0.431. The van der Waals surface area contributed by atoms with Gasteiger partial charge in [-0.25, -0.2) is 4.79 Å². The molecule has 0 unspecified atom stereocenters. The Kier molecular flexibility index (Phi) is 4.88. The zero-order valence-corrected chi connectivity index (χ0v) is 17.6. The first kappa shape index (κ1) is 20.2. The minimum absolute atomic E-state index is 0.210. The number of carbonyl (C=O) groups excluding carboxylic acids is 1. The Morgan fingerprint density at radius 3 is 2.33 bits per heavy atom. The summed E-state index contributed by atoms with van der Waals surface area (Å²) in [5.74, 6) is 0. The van der Waals surface area contributed by atoms with Gasteiger partial charge in [-0.2, -0.15) is 5.10 Å². The predicted octanol–water partition coefficient (Wildman–Crippen LogP) is 2.59. The van der Waals surface area contributed by atoms with Crippen LogP contribution < -0.4 is 10.8 Å². The summed E-state index contributed by atoms with van der Waals surface area (Å²) in [6.07, 6.45) is 6.43. The molecule has 2 fully saturated rings. The molecule has 0 spiro atoms. The fraction of sp³-hybridized carbons (Fsp3) is 0.789. The van der Waals surface area contributed by atoms with Crippen LogP contribution in [0.2, 0.25) is 0 Å². The average Bonchev–Trinajstić information content (AvgIpc) is 3.00. The second-order valence-electron chi connectivity index (χ2n) is 9.74. The van der Waals surface area contributed by atoms with Crippen molar-refractivity contribution in [2.24, 2.45) is 0 Å². The van der Waals surface area contributed by atoms with Crippen molar-refractivity contribution in [3.8, 4) is 0 Å². The molecular formula is C19H32BN3O4. The topological polar surface area (TPSA) is 74.6 Å². The van der Waals surface area contributed by atoms with E-state index in [0.717, 1.165) is 24.7 Å². The highest BCUT2D eigenvalue weighted by molar-refractivity contribution is 6.62. The van der Waals surface area contributed by atoms with Gasteiger partial charge < -0.3 is 19.4 Å². The molecule has 150 valence electrons. The molecule has 1 saturated heterocycles. The first-order valence-corrected chi connectivity index (χ1v) is 9.71. The number of nitrogens with one attached hydrogen (secondary N) is 1. The van der Waals surface area contributed by atoms with Gasteiger partial charge in [-0.3, -0.25) is 4.68 Å². The van der Waals surface area contributed by atoms with Gasteiger partial charge in [-0.1, -0.05) is 0 Å². The Morgan fingerprint density at radius 1 is 1.26 bits per heavy atom. The maximum Gasteiger partial charge on any atom is 0.498 e. The van der Waals surface area contributed by atoms with Crippen molar-refractivity contribution in [2.45, 2.75) is 90.1 Å². The summed E-state index contributed by atoms with van der Waals surface area (Å²) in [4.78, 5) is 12.0. The van der Waals surface area contributed by atoms with Crippen LogP contribution in [0.1, 0.15) is 67.7 Å². The van der Waals surface area contributed by atoms with Crippen molar-refractivity contribution in [2.75, 3.05) is 6.54 Å².